The van der Waals surface area contributed by atoms with E-state index >= 15 is 0 Å². The zero-order valence-corrected chi connectivity index (χ0v) is 16.0. The maximum atomic E-state index is 12.7. The second kappa shape index (κ2) is 7.41. The minimum absolute atomic E-state index is 0.0437. The second-order valence-corrected chi connectivity index (χ2v) is 8.44. The van der Waals surface area contributed by atoms with Gasteiger partial charge in [-0.25, -0.2) is 4.39 Å². The molecule has 0 aliphatic heterocycles. The van der Waals surface area contributed by atoms with Gasteiger partial charge in [0.2, 0.25) is 0 Å². The van der Waals surface area contributed by atoms with Gasteiger partial charge in [-0.15, -0.1) is 0 Å². The lowest BCUT2D eigenvalue weighted by Crippen LogP contribution is -2.10. The van der Waals surface area contributed by atoms with Gasteiger partial charge < -0.3 is 0 Å². The maximum absolute atomic E-state index is 12.7. The van der Waals surface area contributed by atoms with Crippen LogP contribution in [-0.4, -0.2) is 0 Å². The molecule has 0 N–H and O–H groups in total. The number of halogens is 2. The van der Waals surface area contributed by atoms with Gasteiger partial charge in [-0.1, -0.05) is 81.7 Å². The highest BCUT2D eigenvalue weighted by molar-refractivity contribution is 9.10. The van der Waals surface area contributed by atoms with Crippen LogP contribution in [0.25, 0.3) is 0 Å². The summed E-state index contributed by atoms with van der Waals surface area (Å²) in [5.74, 6) is -0.155. The molecule has 0 radical (unpaired) electrons. The van der Waals surface area contributed by atoms with Crippen molar-refractivity contribution in [2.45, 2.75) is 52.4 Å². The Hall–Kier alpha value is -1.15. The third-order valence-electron chi connectivity index (χ3n) is 3.38. The van der Waals surface area contributed by atoms with Crippen molar-refractivity contribution < 1.29 is 4.39 Å². The Morgan fingerprint density at radius 1 is 0.727 bits per heavy atom. The molecule has 2 heteroatoms. The lowest BCUT2D eigenvalue weighted by molar-refractivity contribution is 0.572. The van der Waals surface area contributed by atoms with Gasteiger partial charge in [0, 0.05) is 4.47 Å². The zero-order chi connectivity index (χ0) is 17.0. The third kappa shape index (κ3) is 6.31. The van der Waals surface area contributed by atoms with Crippen molar-refractivity contribution in [1.82, 2.24) is 0 Å². The molecule has 120 valence electrons. The number of rotatable bonds is 0. The summed E-state index contributed by atoms with van der Waals surface area (Å²) in [6, 6.07) is 15.2. The van der Waals surface area contributed by atoms with Crippen LogP contribution in [0.2, 0.25) is 0 Å². The fraction of sp³-hybridized carbons (Fsp3) is 0.400. The highest BCUT2D eigenvalue weighted by Crippen LogP contribution is 2.24. The summed E-state index contributed by atoms with van der Waals surface area (Å²) in [6.07, 6.45) is 0. The van der Waals surface area contributed by atoms with E-state index in [2.05, 4.69) is 81.7 Å². The van der Waals surface area contributed by atoms with Crippen molar-refractivity contribution >= 4 is 15.9 Å². The molecule has 0 aliphatic carbocycles. The van der Waals surface area contributed by atoms with Gasteiger partial charge in [-0.3, -0.25) is 0 Å². The number of hydrogen-bond donors (Lipinski definition) is 0. The van der Waals surface area contributed by atoms with Crippen LogP contribution in [0.15, 0.2) is 53.0 Å². The molecule has 0 heterocycles. The van der Waals surface area contributed by atoms with Gasteiger partial charge in [-0.2, -0.15) is 0 Å². The topological polar surface area (TPSA) is 0 Å². The first kappa shape index (κ1) is 18.9. The molecule has 0 aliphatic rings. The number of benzene rings is 2. The number of hydrogen-bond acceptors (Lipinski definition) is 0. The summed E-state index contributed by atoms with van der Waals surface area (Å²) in [4.78, 5) is 0. The van der Waals surface area contributed by atoms with E-state index in [1.54, 1.807) is 12.1 Å². The molecule has 2 aromatic rings. The maximum Gasteiger partial charge on any atom is 0.123 e. The van der Waals surface area contributed by atoms with E-state index in [4.69, 9.17) is 0 Å². The van der Waals surface area contributed by atoms with Crippen LogP contribution in [0.5, 0.6) is 0 Å². The minimum atomic E-state index is -0.155. The first-order valence-corrected chi connectivity index (χ1v) is 8.31. The molecular weight excluding hydrogens is 339 g/mol. The van der Waals surface area contributed by atoms with E-state index in [1.807, 2.05) is 6.07 Å². The van der Waals surface area contributed by atoms with Gasteiger partial charge in [-0.05, 0) is 46.2 Å². The average molecular weight is 365 g/mol. The van der Waals surface area contributed by atoms with Crippen molar-refractivity contribution in [3.63, 3.8) is 0 Å². The van der Waals surface area contributed by atoms with E-state index in [1.165, 1.54) is 11.6 Å². The Balaban J connectivity index is 0.000000220. The highest BCUT2D eigenvalue weighted by atomic mass is 79.9. The van der Waals surface area contributed by atoms with Gasteiger partial charge in [0.1, 0.15) is 5.82 Å². The lowest BCUT2D eigenvalue weighted by Gasteiger charge is -2.18. The first-order chi connectivity index (χ1) is 10.00. The lowest BCUT2D eigenvalue weighted by atomic mass is 9.87. The monoisotopic (exact) mass is 364 g/mol. The van der Waals surface area contributed by atoms with Crippen LogP contribution < -0.4 is 0 Å². The molecule has 0 saturated heterocycles. The van der Waals surface area contributed by atoms with Crippen molar-refractivity contribution in [2.24, 2.45) is 0 Å². The summed E-state index contributed by atoms with van der Waals surface area (Å²) in [6.45, 7) is 12.9. The largest absolute Gasteiger partial charge is 0.207 e. The molecule has 0 nitrogen and oxygen atoms in total. The standard InChI is InChI=1S/C10H13Br.C10H13F/c2*1-10(2,3)8-5-4-6-9(11)7-8/h2*4-7H,1-3H3. The summed E-state index contributed by atoms with van der Waals surface area (Å²) in [5, 5.41) is 0. The highest BCUT2D eigenvalue weighted by Gasteiger charge is 2.13. The normalized spacial score (nSPS) is 11.6. The summed E-state index contributed by atoms with van der Waals surface area (Å²) >= 11 is 3.45. The van der Waals surface area contributed by atoms with Crippen molar-refractivity contribution in [1.29, 1.82) is 0 Å². The van der Waals surface area contributed by atoms with Gasteiger partial charge in [0.15, 0.2) is 0 Å². The average Bonchev–Trinajstić information content (AvgIpc) is 2.37. The quantitative estimate of drug-likeness (QED) is 0.478. The fourth-order valence-electron chi connectivity index (χ4n) is 1.91. The molecule has 0 bridgehead atoms. The molecule has 22 heavy (non-hydrogen) atoms. The van der Waals surface area contributed by atoms with E-state index in [-0.39, 0.29) is 16.6 Å². The molecule has 0 fully saturated rings. The van der Waals surface area contributed by atoms with Crippen LogP contribution in [0.4, 0.5) is 4.39 Å². The predicted molar refractivity (Wildman–Crippen MR) is 97.9 cm³/mol. The zero-order valence-electron chi connectivity index (χ0n) is 14.4. The van der Waals surface area contributed by atoms with E-state index in [0.717, 1.165) is 10.0 Å². The Morgan fingerprint density at radius 2 is 1.18 bits per heavy atom. The van der Waals surface area contributed by atoms with Crippen molar-refractivity contribution in [3.05, 3.63) is 69.9 Å². The van der Waals surface area contributed by atoms with E-state index in [9.17, 15) is 4.39 Å². The van der Waals surface area contributed by atoms with Crippen LogP contribution in [-0.2, 0) is 10.8 Å². The van der Waals surface area contributed by atoms with E-state index < -0.39 is 0 Å². The Kier molecular flexibility index (Phi) is 6.37. The molecule has 0 atom stereocenters. The molecule has 2 aromatic carbocycles. The van der Waals surface area contributed by atoms with Gasteiger partial charge in [0.05, 0.1) is 0 Å². The predicted octanol–water partition coefficient (Wildman–Crippen LogP) is 6.87. The van der Waals surface area contributed by atoms with Crippen LogP contribution in [0.3, 0.4) is 0 Å². The second-order valence-electron chi connectivity index (χ2n) is 7.52. The van der Waals surface area contributed by atoms with Gasteiger partial charge in [0.25, 0.3) is 0 Å². The third-order valence-corrected chi connectivity index (χ3v) is 3.87. The van der Waals surface area contributed by atoms with Crippen LogP contribution in [0.1, 0.15) is 52.7 Å². The molecule has 0 unspecified atom stereocenters. The smallest absolute Gasteiger partial charge is 0.123 e. The van der Waals surface area contributed by atoms with Gasteiger partial charge >= 0.3 is 0 Å². The molecule has 0 spiro atoms. The van der Waals surface area contributed by atoms with E-state index in [0.29, 0.717) is 0 Å². The summed E-state index contributed by atoms with van der Waals surface area (Å²) in [7, 11) is 0. The Labute approximate surface area is 142 Å². The molecule has 0 aromatic heterocycles. The minimum Gasteiger partial charge on any atom is -0.207 e. The van der Waals surface area contributed by atoms with Crippen molar-refractivity contribution in [2.75, 3.05) is 0 Å². The van der Waals surface area contributed by atoms with Crippen LogP contribution in [0, 0.1) is 5.82 Å². The first-order valence-electron chi connectivity index (χ1n) is 7.52. The summed E-state index contributed by atoms with van der Waals surface area (Å²) < 4.78 is 13.9. The molecular formula is C20H26BrF. The Bertz CT molecular complexity index is 548. The molecule has 0 amide bonds. The van der Waals surface area contributed by atoms with Crippen molar-refractivity contribution in [3.8, 4) is 0 Å². The van der Waals surface area contributed by atoms with Crippen LogP contribution >= 0.6 is 15.9 Å². The Morgan fingerprint density at radius 3 is 1.50 bits per heavy atom. The SMILES string of the molecule is CC(C)(C)c1cccc(Br)c1.CC(C)(C)c1cccc(F)c1. The molecule has 0 saturated carbocycles. The molecule has 2 rings (SSSR count). The summed E-state index contributed by atoms with van der Waals surface area (Å²) in [5.41, 5.74) is 2.70. The fourth-order valence-corrected chi connectivity index (χ4v) is 2.31.